The number of nitrogens with zero attached hydrogens (tertiary/aromatic N) is 1. The molecule has 0 aliphatic heterocycles. The number of thiazole rings is 1. The number of anilines is 1. The van der Waals surface area contributed by atoms with Crippen molar-refractivity contribution in [2.45, 2.75) is 40.2 Å². The molecule has 2 aromatic carbocycles. The van der Waals surface area contributed by atoms with Crippen LogP contribution in [0.2, 0.25) is 0 Å². The highest BCUT2D eigenvalue weighted by Crippen LogP contribution is 2.25. The third kappa shape index (κ3) is 7.23. The van der Waals surface area contributed by atoms with Gasteiger partial charge in [-0.15, -0.1) is 11.3 Å². The summed E-state index contributed by atoms with van der Waals surface area (Å²) in [6.07, 6.45) is 0.413. The molecular weight excluding hydrogens is 356 g/mol. The van der Waals surface area contributed by atoms with Gasteiger partial charge in [-0.1, -0.05) is 88.4 Å². The number of benzene rings is 2. The third-order valence-electron chi connectivity index (χ3n) is 3.45. The van der Waals surface area contributed by atoms with Gasteiger partial charge in [0, 0.05) is 17.4 Å². The summed E-state index contributed by atoms with van der Waals surface area (Å²) < 4.78 is 0. The molecule has 0 aliphatic rings. The Kier molecular flexibility index (Phi) is 10.5. The van der Waals surface area contributed by atoms with Crippen molar-refractivity contribution in [1.29, 1.82) is 0 Å². The molecule has 0 fully saturated rings. The number of hydrogen-bond donors (Lipinski definition) is 2. The first kappa shape index (κ1) is 22.4. The van der Waals surface area contributed by atoms with Crippen LogP contribution in [0.4, 0.5) is 5.13 Å². The van der Waals surface area contributed by atoms with Gasteiger partial charge in [-0.25, -0.2) is 9.78 Å². The average Bonchev–Trinajstić information content (AvgIpc) is 3.20. The second-order valence-corrected chi connectivity index (χ2v) is 5.99. The van der Waals surface area contributed by atoms with Crippen LogP contribution in [0.1, 0.15) is 33.3 Å². The Hall–Kier alpha value is -2.66. The van der Waals surface area contributed by atoms with Crippen LogP contribution in [0.5, 0.6) is 0 Å². The molecule has 0 amide bonds. The van der Waals surface area contributed by atoms with Gasteiger partial charge in [-0.2, -0.15) is 0 Å². The molecule has 0 spiro atoms. The number of hydrogen-bond acceptors (Lipinski definition) is 4. The van der Waals surface area contributed by atoms with Gasteiger partial charge in [0.1, 0.15) is 6.04 Å². The number of aromatic nitrogens is 1. The Labute approximate surface area is 165 Å². The van der Waals surface area contributed by atoms with Crippen molar-refractivity contribution in [2.24, 2.45) is 0 Å². The first-order valence-corrected chi connectivity index (χ1v) is 10.1. The fraction of sp³-hybridized carbons (Fsp3) is 0.273. The minimum absolute atomic E-state index is 0.413. The van der Waals surface area contributed by atoms with Crippen LogP contribution >= 0.6 is 11.3 Å². The minimum atomic E-state index is -0.884. The molecule has 4 nitrogen and oxygen atoms in total. The predicted octanol–water partition coefficient (Wildman–Crippen LogP) is 5.97. The van der Waals surface area contributed by atoms with E-state index >= 15 is 0 Å². The van der Waals surface area contributed by atoms with Gasteiger partial charge in [-0.05, 0) is 5.56 Å². The molecule has 3 rings (SSSR count). The third-order valence-corrected chi connectivity index (χ3v) is 4.23. The fourth-order valence-corrected chi connectivity index (χ4v) is 3.05. The molecule has 0 aliphatic carbocycles. The van der Waals surface area contributed by atoms with E-state index in [-0.39, 0.29) is 0 Å². The molecule has 0 saturated heterocycles. The first-order valence-electron chi connectivity index (χ1n) is 9.26. The summed E-state index contributed by atoms with van der Waals surface area (Å²) in [4.78, 5) is 16.0. The fourth-order valence-electron chi connectivity index (χ4n) is 2.28. The zero-order valence-electron chi connectivity index (χ0n) is 16.3. The van der Waals surface area contributed by atoms with Crippen LogP contribution in [-0.2, 0) is 11.2 Å². The summed E-state index contributed by atoms with van der Waals surface area (Å²) in [6.45, 7) is 8.00. The molecule has 0 radical (unpaired) electrons. The minimum Gasteiger partial charge on any atom is -0.480 e. The Balaban J connectivity index is 0.000000855. The van der Waals surface area contributed by atoms with Crippen LogP contribution in [0.15, 0.2) is 66.0 Å². The highest BCUT2D eigenvalue weighted by molar-refractivity contribution is 7.14. The van der Waals surface area contributed by atoms with Crippen molar-refractivity contribution in [3.8, 4) is 11.3 Å². The van der Waals surface area contributed by atoms with Crippen molar-refractivity contribution >= 4 is 22.4 Å². The van der Waals surface area contributed by atoms with Gasteiger partial charge in [0.25, 0.3) is 0 Å². The monoisotopic (exact) mass is 384 g/mol. The maximum Gasteiger partial charge on any atom is 0.326 e. The zero-order valence-corrected chi connectivity index (χ0v) is 17.2. The smallest absolute Gasteiger partial charge is 0.326 e. The van der Waals surface area contributed by atoms with E-state index < -0.39 is 12.0 Å². The van der Waals surface area contributed by atoms with Crippen molar-refractivity contribution in [3.63, 3.8) is 0 Å². The number of aliphatic carboxylic acids is 1. The van der Waals surface area contributed by atoms with Crippen LogP contribution in [0.25, 0.3) is 11.3 Å². The van der Waals surface area contributed by atoms with Crippen LogP contribution in [-0.4, -0.2) is 22.1 Å². The Bertz CT molecular complexity index is 773. The standard InChI is InChI=1S/C18H16N2O2S.2C2H6/c21-17(22)15(11-13-7-3-1-4-8-13)19-18-20-16(12-23-18)14-9-5-2-6-10-14;2*1-2/h1-10,12,15H,11H2,(H,19,20)(H,21,22);2*1-2H3. The van der Waals surface area contributed by atoms with Gasteiger partial charge in [0.05, 0.1) is 5.69 Å². The maximum absolute atomic E-state index is 11.5. The van der Waals surface area contributed by atoms with Gasteiger partial charge in [-0.3, -0.25) is 0 Å². The van der Waals surface area contributed by atoms with Gasteiger partial charge in [0.15, 0.2) is 5.13 Å². The van der Waals surface area contributed by atoms with E-state index in [1.165, 1.54) is 11.3 Å². The number of carboxylic acid groups (broad SMARTS) is 1. The first-order chi connectivity index (χ1) is 13.2. The Morgan fingerprint density at radius 1 is 1.00 bits per heavy atom. The summed E-state index contributed by atoms with van der Waals surface area (Å²) in [5, 5.41) is 15.0. The van der Waals surface area contributed by atoms with Crippen molar-refractivity contribution < 1.29 is 9.90 Å². The normalized spacial score (nSPS) is 10.5. The van der Waals surface area contributed by atoms with E-state index in [0.29, 0.717) is 11.6 Å². The number of rotatable bonds is 6. The lowest BCUT2D eigenvalue weighted by Gasteiger charge is -2.13. The molecule has 0 bridgehead atoms. The van der Waals surface area contributed by atoms with Crippen molar-refractivity contribution in [2.75, 3.05) is 5.32 Å². The molecule has 2 N–H and O–H groups in total. The largest absolute Gasteiger partial charge is 0.480 e. The highest BCUT2D eigenvalue weighted by Gasteiger charge is 2.19. The maximum atomic E-state index is 11.5. The molecular formula is C22H28N2O2S. The molecule has 1 atom stereocenters. The van der Waals surface area contributed by atoms with Crippen molar-refractivity contribution in [1.82, 2.24) is 4.98 Å². The van der Waals surface area contributed by atoms with Crippen LogP contribution in [0, 0.1) is 0 Å². The molecule has 5 heteroatoms. The lowest BCUT2D eigenvalue weighted by molar-refractivity contribution is -0.137. The lowest BCUT2D eigenvalue weighted by atomic mass is 10.1. The van der Waals surface area contributed by atoms with Crippen LogP contribution in [0.3, 0.4) is 0 Å². The van der Waals surface area contributed by atoms with E-state index in [1.807, 2.05) is 93.7 Å². The highest BCUT2D eigenvalue weighted by atomic mass is 32.1. The molecule has 1 aromatic heterocycles. The van der Waals surface area contributed by atoms with Gasteiger partial charge >= 0.3 is 5.97 Å². The molecule has 0 saturated carbocycles. The predicted molar refractivity (Wildman–Crippen MR) is 115 cm³/mol. The van der Waals surface area contributed by atoms with Gasteiger partial charge in [0.2, 0.25) is 0 Å². The van der Waals surface area contributed by atoms with Crippen LogP contribution < -0.4 is 5.32 Å². The Morgan fingerprint density at radius 3 is 2.11 bits per heavy atom. The quantitative estimate of drug-likeness (QED) is 0.549. The zero-order chi connectivity index (χ0) is 20.1. The van der Waals surface area contributed by atoms with E-state index in [1.54, 1.807) is 0 Å². The molecule has 1 unspecified atom stereocenters. The number of carboxylic acids is 1. The Morgan fingerprint density at radius 2 is 1.56 bits per heavy atom. The lowest BCUT2D eigenvalue weighted by Crippen LogP contribution is -2.31. The topological polar surface area (TPSA) is 62.2 Å². The number of nitrogens with one attached hydrogen (secondary N) is 1. The van der Waals surface area contributed by atoms with E-state index in [9.17, 15) is 9.90 Å². The van der Waals surface area contributed by atoms with E-state index in [0.717, 1.165) is 16.8 Å². The summed E-state index contributed by atoms with van der Waals surface area (Å²) in [5.41, 5.74) is 2.85. The van der Waals surface area contributed by atoms with Gasteiger partial charge < -0.3 is 10.4 Å². The van der Waals surface area contributed by atoms with E-state index in [4.69, 9.17) is 0 Å². The molecule has 3 aromatic rings. The second-order valence-electron chi connectivity index (χ2n) is 5.13. The summed E-state index contributed by atoms with van der Waals surface area (Å²) in [6, 6.07) is 18.7. The van der Waals surface area contributed by atoms with E-state index in [2.05, 4.69) is 10.3 Å². The average molecular weight is 385 g/mol. The second kappa shape index (κ2) is 12.7. The number of carbonyl (C=O) groups is 1. The summed E-state index contributed by atoms with van der Waals surface area (Å²) in [5.74, 6) is -0.884. The van der Waals surface area contributed by atoms with Crippen molar-refractivity contribution in [3.05, 3.63) is 71.6 Å². The summed E-state index contributed by atoms with van der Waals surface area (Å²) in [7, 11) is 0. The SMILES string of the molecule is CC.CC.O=C(O)C(Cc1ccccc1)Nc1nc(-c2ccccc2)cs1. The summed E-state index contributed by atoms with van der Waals surface area (Å²) >= 11 is 1.42. The molecule has 27 heavy (non-hydrogen) atoms. The molecule has 1 heterocycles. The molecule has 144 valence electrons.